The number of halogens is 1. The van der Waals surface area contributed by atoms with Gasteiger partial charge in [-0.2, -0.15) is 4.37 Å². The summed E-state index contributed by atoms with van der Waals surface area (Å²) in [6, 6.07) is 0. The summed E-state index contributed by atoms with van der Waals surface area (Å²) >= 11 is 8.89. The minimum atomic E-state index is 0.0412. The Morgan fingerprint density at radius 1 is 1.50 bits per heavy atom. The van der Waals surface area contributed by atoms with Crippen molar-refractivity contribution in [3.05, 3.63) is 5.82 Å². The number of hydrogen-bond donors (Lipinski definition) is 0. The van der Waals surface area contributed by atoms with Crippen molar-refractivity contribution in [2.45, 2.75) is 42.7 Å². The molecule has 1 aromatic rings. The number of thioether (sulfide) groups is 1. The molecule has 0 spiro atoms. The van der Waals surface area contributed by atoms with Gasteiger partial charge in [-0.25, -0.2) is 4.98 Å². The molecule has 1 rings (SSSR count). The average Bonchev–Trinajstić information content (AvgIpc) is 2.51. The Balaban J connectivity index is 2.69. The zero-order valence-corrected chi connectivity index (χ0v) is 11.3. The molecule has 1 unspecified atom stereocenters. The molecule has 1 atom stereocenters. The number of aromatic nitrogens is 2. The predicted molar refractivity (Wildman–Crippen MR) is 64.6 cm³/mol. The van der Waals surface area contributed by atoms with Gasteiger partial charge in [0.2, 0.25) is 0 Å². The van der Waals surface area contributed by atoms with Gasteiger partial charge in [-0.15, -0.1) is 11.6 Å². The maximum atomic E-state index is 5.73. The maximum absolute atomic E-state index is 5.73. The van der Waals surface area contributed by atoms with Gasteiger partial charge in [0.25, 0.3) is 0 Å². The normalized spacial score (nSPS) is 14.4. The van der Waals surface area contributed by atoms with Crippen LogP contribution in [0.3, 0.4) is 0 Å². The van der Waals surface area contributed by atoms with Gasteiger partial charge in [-0.1, -0.05) is 39.5 Å². The highest BCUT2D eigenvalue weighted by molar-refractivity contribution is 8.01. The van der Waals surface area contributed by atoms with E-state index in [1.54, 1.807) is 11.8 Å². The lowest BCUT2D eigenvalue weighted by Gasteiger charge is -2.12. The Bertz CT molecular complexity index is 293. The van der Waals surface area contributed by atoms with Crippen molar-refractivity contribution in [1.29, 1.82) is 0 Å². The summed E-state index contributed by atoms with van der Waals surface area (Å²) < 4.78 is 5.36. The van der Waals surface area contributed by atoms with E-state index in [-0.39, 0.29) is 5.41 Å². The van der Waals surface area contributed by atoms with E-state index in [1.807, 2.05) is 0 Å². The first-order valence-corrected chi connectivity index (χ1v) is 6.69. The Morgan fingerprint density at radius 3 is 2.57 bits per heavy atom. The molecule has 1 heterocycles. The summed E-state index contributed by atoms with van der Waals surface area (Å²) in [6.07, 6.45) is 0. The highest BCUT2D eigenvalue weighted by Gasteiger charge is 2.20. The molecule has 1 aromatic heterocycles. The summed E-state index contributed by atoms with van der Waals surface area (Å²) in [6.45, 7) is 8.45. The van der Waals surface area contributed by atoms with Crippen LogP contribution in [-0.4, -0.2) is 20.5 Å². The van der Waals surface area contributed by atoms with Crippen molar-refractivity contribution in [1.82, 2.24) is 9.36 Å². The van der Waals surface area contributed by atoms with Crippen LogP contribution in [0.5, 0.6) is 0 Å². The third-order valence-corrected chi connectivity index (χ3v) is 4.13. The fourth-order valence-electron chi connectivity index (χ4n) is 0.766. The highest BCUT2D eigenvalue weighted by Crippen LogP contribution is 2.29. The summed E-state index contributed by atoms with van der Waals surface area (Å²) in [5.74, 6) is 1.57. The van der Waals surface area contributed by atoms with Gasteiger partial charge in [0.1, 0.15) is 5.82 Å². The van der Waals surface area contributed by atoms with Crippen molar-refractivity contribution >= 4 is 34.9 Å². The Morgan fingerprint density at radius 2 is 2.14 bits per heavy atom. The first kappa shape index (κ1) is 12.3. The fourth-order valence-corrected chi connectivity index (χ4v) is 2.88. The monoisotopic (exact) mass is 250 g/mol. The molecule has 0 aliphatic carbocycles. The molecule has 0 fully saturated rings. The SMILES string of the molecule is CC(CCl)Sc1nc(C(C)(C)C)ns1. The zero-order valence-electron chi connectivity index (χ0n) is 8.87. The summed E-state index contributed by atoms with van der Waals surface area (Å²) in [4.78, 5) is 4.48. The molecule has 0 saturated carbocycles. The van der Waals surface area contributed by atoms with Crippen molar-refractivity contribution in [3.8, 4) is 0 Å². The molecule has 0 aromatic carbocycles. The minimum absolute atomic E-state index is 0.0412. The molecular formula is C9H15ClN2S2. The van der Waals surface area contributed by atoms with Crippen LogP contribution in [0.4, 0.5) is 0 Å². The van der Waals surface area contributed by atoms with E-state index in [2.05, 4.69) is 37.1 Å². The molecule has 0 aliphatic rings. The van der Waals surface area contributed by atoms with E-state index in [0.29, 0.717) is 11.1 Å². The number of rotatable bonds is 3. The van der Waals surface area contributed by atoms with Crippen LogP contribution < -0.4 is 0 Å². The molecular weight excluding hydrogens is 236 g/mol. The lowest BCUT2D eigenvalue weighted by atomic mass is 9.96. The largest absolute Gasteiger partial charge is 0.212 e. The van der Waals surface area contributed by atoms with Gasteiger partial charge in [-0.05, 0) is 11.5 Å². The summed E-state index contributed by atoms with van der Waals surface area (Å²) in [5.41, 5.74) is 0.0412. The van der Waals surface area contributed by atoms with Crippen LogP contribution in [0.2, 0.25) is 0 Å². The molecule has 0 aliphatic heterocycles. The van der Waals surface area contributed by atoms with Gasteiger partial charge in [-0.3, -0.25) is 0 Å². The van der Waals surface area contributed by atoms with Crippen LogP contribution in [0, 0.1) is 0 Å². The molecule has 0 N–H and O–H groups in total. The fraction of sp³-hybridized carbons (Fsp3) is 0.778. The zero-order chi connectivity index (χ0) is 10.8. The Hall–Kier alpha value is 0.200. The first-order chi connectivity index (χ1) is 6.43. The quantitative estimate of drug-likeness (QED) is 0.606. The molecule has 0 radical (unpaired) electrons. The van der Waals surface area contributed by atoms with Gasteiger partial charge in [0.05, 0.1) is 0 Å². The molecule has 14 heavy (non-hydrogen) atoms. The second-order valence-corrected chi connectivity index (χ2v) is 6.96. The Kier molecular flexibility index (Phi) is 4.22. The summed E-state index contributed by atoms with van der Waals surface area (Å²) in [5, 5.41) is 0.400. The molecule has 0 saturated heterocycles. The van der Waals surface area contributed by atoms with E-state index in [4.69, 9.17) is 11.6 Å². The van der Waals surface area contributed by atoms with Crippen LogP contribution in [0.25, 0.3) is 0 Å². The summed E-state index contributed by atoms with van der Waals surface area (Å²) in [7, 11) is 0. The molecule has 2 nitrogen and oxygen atoms in total. The molecule has 5 heteroatoms. The smallest absolute Gasteiger partial charge is 0.170 e. The van der Waals surface area contributed by atoms with Crippen molar-refractivity contribution in [3.63, 3.8) is 0 Å². The van der Waals surface area contributed by atoms with E-state index in [9.17, 15) is 0 Å². The van der Waals surface area contributed by atoms with E-state index < -0.39 is 0 Å². The van der Waals surface area contributed by atoms with Gasteiger partial charge < -0.3 is 0 Å². The van der Waals surface area contributed by atoms with Gasteiger partial charge in [0.15, 0.2) is 4.34 Å². The van der Waals surface area contributed by atoms with Crippen LogP contribution >= 0.6 is 34.9 Å². The minimum Gasteiger partial charge on any atom is -0.212 e. The average molecular weight is 251 g/mol. The lowest BCUT2D eigenvalue weighted by molar-refractivity contribution is 0.551. The van der Waals surface area contributed by atoms with Gasteiger partial charge >= 0.3 is 0 Å². The second kappa shape index (κ2) is 4.81. The van der Waals surface area contributed by atoms with Gasteiger partial charge in [0, 0.05) is 16.5 Å². The molecule has 80 valence electrons. The molecule has 0 bridgehead atoms. The van der Waals surface area contributed by atoms with Crippen LogP contribution in [-0.2, 0) is 5.41 Å². The third kappa shape index (κ3) is 3.41. The third-order valence-electron chi connectivity index (χ3n) is 1.60. The van der Waals surface area contributed by atoms with E-state index in [1.165, 1.54) is 11.5 Å². The number of hydrogen-bond acceptors (Lipinski definition) is 4. The second-order valence-electron chi connectivity index (χ2n) is 4.22. The maximum Gasteiger partial charge on any atom is 0.170 e. The lowest BCUT2D eigenvalue weighted by Crippen LogP contribution is -2.13. The topological polar surface area (TPSA) is 25.8 Å². The van der Waals surface area contributed by atoms with E-state index in [0.717, 1.165) is 10.2 Å². The molecule has 0 amide bonds. The highest BCUT2D eigenvalue weighted by atomic mass is 35.5. The first-order valence-electron chi connectivity index (χ1n) is 4.50. The van der Waals surface area contributed by atoms with Crippen LogP contribution in [0.15, 0.2) is 4.34 Å². The number of alkyl halides is 1. The number of nitrogens with zero attached hydrogens (tertiary/aromatic N) is 2. The predicted octanol–water partition coefficient (Wildman–Crippen LogP) is 3.56. The van der Waals surface area contributed by atoms with Crippen molar-refractivity contribution in [2.24, 2.45) is 0 Å². The van der Waals surface area contributed by atoms with Crippen molar-refractivity contribution in [2.75, 3.05) is 5.88 Å². The standard InChI is InChI=1S/C9H15ClN2S2/c1-6(5-10)13-8-11-7(12-14-8)9(2,3)4/h6H,5H2,1-4H3. The Labute approximate surface area is 98.6 Å². The van der Waals surface area contributed by atoms with Crippen LogP contribution in [0.1, 0.15) is 33.5 Å². The van der Waals surface area contributed by atoms with Crippen molar-refractivity contribution < 1.29 is 0 Å². The van der Waals surface area contributed by atoms with E-state index >= 15 is 0 Å².